The summed E-state index contributed by atoms with van der Waals surface area (Å²) in [6, 6.07) is 75.7. The number of hydrogen-bond donors (Lipinski definition) is 0. The second-order valence-corrected chi connectivity index (χ2v) is 17.1. The van der Waals surface area contributed by atoms with Gasteiger partial charge in [0.2, 0.25) is 0 Å². The molecule has 0 radical (unpaired) electrons. The van der Waals surface area contributed by atoms with E-state index in [1.807, 2.05) is 22.7 Å². The number of hydrogen-bond acceptors (Lipinski definition) is 4. The Morgan fingerprint density at radius 2 is 0.672 bits per heavy atom. The molecule has 272 valence electrons. The van der Waals surface area contributed by atoms with Gasteiger partial charge in [-0.25, -0.2) is 0 Å². The van der Waals surface area contributed by atoms with E-state index in [1.165, 1.54) is 72.7 Å². The predicted molar refractivity (Wildman–Crippen MR) is 254 cm³/mol. The summed E-state index contributed by atoms with van der Waals surface area (Å²) >= 11 is 3.72. The van der Waals surface area contributed by atoms with Crippen LogP contribution < -0.4 is 9.80 Å². The molecule has 0 fully saturated rings. The van der Waals surface area contributed by atoms with Crippen LogP contribution in [-0.2, 0) is 0 Å². The molecule has 0 saturated heterocycles. The fourth-order valence-electron chi connectivity index (χ4n) is 8.94. The van der Waals surface area contributed by atoms with Gasteiger partial charge in [-0.15, -0.1) is 22.7 Å². The maximum atomic E-state index is 2.42. The lowest BCUT2D eigenvalue weighted by Crippen LogP contribution is -2.10. The third-order valence-corrected chi connectivity index (χ3v) is 13.9. The molecule has 0 spiro atoms. The highest BCUT2D eigenvalue weighted by Gasteiger charge is 2.19. The number of thiophene rings is 2. The second-order valence-electron chi connectivity index (χ2n) is 14.9. The predicted octanol–water partition coefficient (Wildman–Crippen LogP) is 16.8. The molecule has 10 aromatic carbocycles. The van der Waals surface area contributed by atoms with Gasteiger partial charge in [0.15, 0.2) is 0 Å². The first kappa shape index (κ1) is 33.2. The largest absolute Gasteiger partial charge is 0.310 e. The standard InChI is InChI=1S/C54H34N2S2/c1-3-12-36(13-4-1)55(39-25-28-47-45-16-7-9-20-51(45)57-53(47)33-39)38-24-22-35-23-27-42-41-18-11-19-50(44(41)31-30-43(42)49(35)32-38)56(37-14-5-2-6-15-37)40-26-29-48-46-17-8-10-21-52(46)58-54(48)34-40/h1-34H. The zero-order valence-corrected chi connectivity index (χ0v) is 33.0. The van der Waals surface area contributed by atoms with Crippen molar-refractivity contribution in [1.29, 1.82) is 0 Å². The molecule has 0 N–H and O–H groups in total. The molecule has 2 nitrogen and oxygen atoms in total. The fourth-order valence-corrected chi connectivity index (χ4v) is 11.2. The van der Waals surface area contributed by atoms with Crippen molar-refractivity contribution in [2.75, 3.05) is 9.80 Å². The lowest BCUT2D eigenvalue weighted by Gasteiger charge is -2.27. The zero-order chi connectivity index (χ0) is 38.2. The van der Waals surface area contributed by atoms with E-state index in [-0.39, 0.29) is 0 Å². The molecule has 2 aromatic heterocycles. The first-order valence-corrected chi connectivity index (χ1v) is 21.3. The van der Waals surface area contributed by atoms with E-state index in [4.69, 9.17) is 0 Å². The molecule has 0 aliphatic rings. The number of nitrogens with zero attached hydrogens (tertiary/aromatic N) is 2. The summed E-state index contributed by atoms with van der Waals surface area (Å²) in [5.41, 5.74) is 6.85. The van der Waals surface area contributed by atoms with Crippen molar-refractivity contribution >= 4 is 129 Å². The van der Waals surface area contributed by atoms with Crippen molar-refractivity contribution in [3.63, 3.8) is 0 Å². The molecule has 58 heavy (non-hydrogen) atoms. The van der Waals surface area contributed by atoms with Crippen molar-refractivity contribution in [2.24, 2.45) is 0 Å². The average Bonchev–Trinajstić information content (AvgIpc) is 3.85. The second kappa shape index (κ2) is 13.3. The smallest absolute Gasteiger partial charge is 0.0540 e. The molecular weight excluding hydrogens is 741 g/mol. The Kier molecular flexibility index (Phi) is 7.62. The molecule has 0 bridgehead atoms. The Balaban J connectivity index is 1.03. The fraction of sp³-hybridized carbons (Fsp3) is 0. The lowest BCUT2D eigenvalue weighted by atomic mass is 9.95. The maximum absolute atomic E-state index is 2.42. The summed E-state index contributed by atoms with van der Waals surface area (Å²) in [7, 11) is 0. The van der Waals surface area contributed by atoms with Gasteiger partial charge < -0.3 is 9.80 Å². The monoisotopic (exact) mass is 774 g/mol. The molecule has 0 atom stereocenters. The number of fused-ring (bicyclic) bond motifs is 11. The van der Waals surface area contributed by atoms with Gasteiger partial charge in [-0.2, -0.15) is 0 Å². The quantitative estimate of drug-likeness (QED) is 0.155. The first-order valence-electron chi connectivity index (χ1n) is 19.7. The van der Waals surface area contributed by atoms with Gasteiger partial charge in [-0.05, 0) is 106 Å². The van der Waals surface area contributed by atoms with Crippen LogP contribution >= 0.6 is 22.7 Å². The summed E-state index contributed by atoms with van der Waals surface area (Å²) in [5, 5.41) is 12.6. The van der Waals surface area contributed by atoms with Gasteiger partial charge in [0.05, 0.1) is 5.69 Å². The number of anilines is 6. The van der Waals surface area contributed by atoms with Crippen LogP contribution in [0.4, 0.5) is 34.1 Å². The van der Waals surface area contributed by atoms with Crippen molar-refractivity contribution < 1.29 is 0 Å². The van der Waals surface area contributed by atoms with Crippen molar-refractivity contribution in [3.05, 3.63) is 206 Å². The van der Waals surface area contributed by atoms with Gasteiger partial charge in [-0.3, -0.25) is 0 Å². The third-order valence-electron chi connectivity index (χ3n) is 11.6. The molecule has 0 unspecified atom stereocenters. The summed E-state index contributed by atoms with van der Waals surface area (Å²) in [4.78, 5) is 4.81. The maximum Gasteiger partial charge on any atom is 0.0540 e. The topological polar surface area (TPSA) is 6.48 Å². The summed E-state index contributed by atoms with van der Waals surface area (Å²) in [6.07, 6.45) is 0. The van der Waals surface area contributed by atoms with E-state index in [2.05, 4.69) is 216 Å². The van der Waals surface area contributed by atoms with Crippen molar-refractivity contribution in [3.8, 4) is 0 Å². The zero-order valence-electron chi connectivity index (χ0n) is 31.3. The van der Waals surface area contributed by atoms with Crippen LogP contribution in [0.3, 0.4) is 0 Å². The Bertz CT molecular complexity index is 3530. The SMILES string of the molecule is c1ccc(N(c2ccc3c(c2)sc2ccccc23)c2ccc3ccc4c5cccc(N(c6ccccc6)c6ccc7c(c6)sc6ccccc67)c5ccc4c3c2)cc1. The van der Waals surface area contributed by atoms with E-state index in [0.29, 0.717) is 0 Å². The minimum Gasteiger partial charge on any atom is -0.310 e. The van der Waals surface area contributed by atoms with Crippen LogP contribution in [0.2, 0.25) is 0 Å². The van der Waals surface area contributed by atoms with Crippen LogP contribution in [0.15, 0.2) is 206 Å². The van der Waals surface area contributed by atoms with E-state index in [0.717, 1.165) is 34.1 Å². The van der Waals surface area contributed by atoms with E-state index in [1.54, 1.807) is 0 Å². The van der Waals surface area contributed by atoms with Gasteiger partial charge in [0.1, 0.15) is 0 Å². The minimum absolute atomic E-state index is 1.13. The molecule has 0 amide bonds. The molecule has 0 saturated carbocycles. The van der Waals surface area contributed by atoms with Crippen LogP contribution in [-0.4, -0.2) is 0 Å². The molecular formula is C54H34N2S2. The van der Waals surface area contributed by atoms with Crippen molar-refractivity contribution in [1.82, 2.24) is 0 Å². The number of rotatable bonds is 6. The van der Waals surface area contributed by atoms with Crippen LogP contribution in [0.25, 0.3) is 72.7 Å². The van der Waals surface area contributed by atoms with Gasteiger partial charge in [0.25, 0.3) is 0 Å². The molecule has 2 heterocycles. The van der Waals surface area contributed by atoms with E-state index < -0.39 is 0 Å². The Labute approximate surface area is 343 Å². The highest BCUT2D eigenvalue weighted by molar-refractivity contribution is 7.26. The molecule has 12 aromatic rings. The molecule has 0 aliphatic heterocycles. The highest BCUT2D eigenvalue weighted by Crippen LogP contribution is 2.46. The Hall–Kier alpha value is -6.98. The molecule has 0 aliphatic carbocycles. The molecule has 4 heteroatoms. The third kappa shape index (κ3) is 5.30. The number of benzene rings is 10. The first-order chi connectivity index (χ1) is 28.7. The summed E-state index contributed by atoms with van der Waals surface area (Å²) in [5.74, 6) is 0. The number of para-hydroxylation sites is 2. The van der Waals surface area contributed by atoms with Crippen LogP contribution in [0.1, 0.15) is 0 Å². The van der Waals surface area contributed by atoms with Crippen LogP contribution in [0.5, 0.6) is 0 Å². The van der Waals surface area contributed by atoms with E-state index >= 15 is 0 Å². The normalized spacial score (nSPS) is 11.8. The van der Waals surface area contributed by atoms with Crippen molar-refractivity contribution in [2.45, 2.75) is 0 Å². The van der Waals surface area contributed by atoms with Gasteiger partial charge in [0, 0.05) is 74.2 Å². The van der Waals surface area contributed by atoms with Gasteiger partial charge >= 0.3 is 0 Å². The summed E-state index contributed by atoms with van der Waals surface area (Å²) < 4.78 is 5.22. The highest BCUT2D eigenvalue weighted by atomic mass is 32.1. The van der Waals surface area contributed by atoms with E-state index in [9.17, 15) is 0 Å². The minimum atomic E-state index is 1.13. The average molecular weight is 775 g/mol. The lowest BCUT2D eigenvalue weighted by molar-refractivity contribution is 1.30. The van der Waals surface area contributed by atoms with Crippen LogP contribution in [0, 0.1) is 0 Å². The summed E-state index contributed by atoms with van der Waals surface area (Å²) in [6.45, 7) is 0. The Morgan fingerprint density at radius 1 is 0.241 bits per heavy atom. The Morgan fingerprint density at radius 3 is 1.34 bits per heavy atom. The molecule has 12 rings (SSSR count). The van der Waals surface area contributed by atoms with Gasteiger partial charge in [-0.1, -0.05) is 127 Å².